The lowest BCUT2D eigenvalue weighted by Gasteiger charge is -2.23. The van der Waals surface area contributed by atoms with Gasteiger partial charge in [0.15, 0.2) is 46.1 Å². The minimum Gasteiger partial charge on any atom is -0.493 e. The van der Waals surface area contributed by atoms with Crippen molar-refractivity contribution in [2.24, 2.45) is 0 Å². The number of rotatable bonds is 12. The molecule has 16 nitrogen and oxygen atoms in total. The van der Waals surface area contributed by atoms with E-state index in [1.165, 1.54) is 26.7 Å². The van der Waals surface area contributed by atoms with Crippen LogP contribution in [0.2, 0.25) is 0 Å². The molecule has 360 valence electrons. The van der Waals surface area contributed by atoms with Crippen molar-refractivity contribution in [2.45, 2.75) is 65.5 Å². The first kappa shape index (κ1) is 48.2. The Morgan fingerprint density at radius 1 is 0.667 bits per heavy atom. The van der Waals surface area contributed by atoms with E-state index in [4.69, 9.17) is 28.4 Å². The highest BCUT2D eigenvalue weighted by Crippen LogP contribution is 2.40. The highest BCUT2D eigenvalue weighted by atomic mass is 35.5. The van der Waals surface area contributed by atoms with Gasteiger partial charge in [-0.3, -0.25) is 9.59 Å². The highest BCUT2D eigenvalue weighted by molar-refractivity contribution is 6.62. The number of methoxy groups -OCH3 is 2. The van der Waals surface area contributed by atoms with Crippen LogP contribution in [-0.2, 0) is 9.59 Å². The number of ether oxygens (including phenoxy) is 6. The Hall–Kier alpha value is -7.31. The molecular weight excluding hydrogens is 914 g/mol. The first-order valence-electron chi connectivity index (χ1n) is 22.3. The summed E-state index contributed by atoms with van der Waals surface area (Å²) >= 11 is 4.64. The van der Waals surface area contributed by atoms with Crippen LogP contribution in [0.1, 0.15) is 50.9 Å². The molecule has 1 amide bonds. The highest BCUT2D eigenvalue weighted by Gasteiger charge is 2.28. The van der Waals surface area contributed by atoms with Gasteiger partial charge in [0.1, 0.15) is 25.9 Å². The first-order valence-corrected chi connectivity index (χ1v) is 22.7. The van der Waals surface area contributed by atoms with Crippen molar-refractivity contribution in [1.82, 2.24) is 40.1 Å². The fourth-order valence-corrected chi connectivity index (χ4v) is 8.43. The van der Waals surface area contributed by atoms with Crippen molar-refractivity contribution in [2.75, 3.05) is 40.5 Å². The van der Waals surface area contributed by atoms with Crippen molar-refractivity contribution in [3.8, 4) is 46.3 Å². The van der Waals surface area contributed by atoms with E-state index in [1.807, 2.05) is 18.7 Å². The monoisotopic (exact) mass is 964 g/mol. The number of H-pyrrole nitrogens is 2. The van der Waals surface area contributed by atoms with Gasteiger partial charge in [-0.25, -0.2) is 28.7 Å². The topological polar surface area (TPSA) is 188 Å². The zero-order chi connectivity index (χ0) is 48.8. The van der Waals surface area contributed by atoms with Gasteiger partial charge in [-0.2, -0.15) is 0 Å². The molecule has 4 aromatic carbocycles. The Labute approximate surface area is 400 Å². The van der Waals surface area contributed by atoms with E-state index in [0.717, 1.165) is 55.7 Å². The van der Waals surface area contributed by atoms with E-state index in [1.54, 1.807) is 74.7 Å². The predicted octanol–water partition coefficient (Wildman–Crippen LogP) is 10.0. The summed E-state index contributed by atoms with van der Waals surface area (Å²) in [5.74, 6) is 1.88. The molecule has 0 unspecified atom stereocenters. The molecule has 2 saturated heterocycles. The molecule has 0 saturated carbocycles. The van der Waals surface area contributed by atoms with E-state index in [-0.39, 0.29) is 40.5 Å². The molecule has 0 bridgehead atoms. The number of amides is 1. The number of fused-ring (bicyclic) bond motifs is 4. The summed E-state index contributed by atoms with van der Waals surface area (Å²) < 4.78 is 64.9. The quantitative estimate of drug-likeness (QED) is 0.0983. The number of aromatic amines is 2. The van der Waals surface area contributed by atoms with Crippen molar-refractivity contribution >= 4 is 66.4 Å². The summed E-state index contributed by atoms with van der Waals surface area (Å²) in [7, 11) is 3.12. The van der Waals surface area contributed by atoms with Crippen molar-refractivity contribution in [1.29, 1.82) is 0 Å². The first-order chi connectivity index (χ1) is 33.3. The van der Waals surface area contributed by atoms with E-state index in [2.05, 4.69) is 46.8 Å². The number of hydrogen-bond donors (Lipinski definition) is 3. The minimum absolute atomic E-state index is 0.0251. The third kappa shape index (κ3) is 11.0. The summed E-state index contributed by atoms with van der Waals surface area (Å²) in [6, 6.07) is 17.6. The number of halogens is 3. The molecule has 0 spiro atoms. The Balaban J connectivity index is 0.000000173. The maximum absolute atomic E-state index is 15.1. The lowest BCUT2D eigenvalue weighted by molar-refractivity contribution is -0.130. The van der Waals surface area contributed by atoms with Crippen LogP contribution in [0.3, 0.4) is 0 Å². The van der Waals surface area contributed by atoms with E-state index < -0.39 is 11.6 Å². The van der Waals surface area contributed by atoms with Crippen molar-refractivity contribution in [3.05, 3.63) is 96.3 Å². The van der Waals surface area contributed by atoms with Gasteiger partial charge >= 0.3 is 0 Å². The van der Waals surface area contributed by atoms with Crippen LogP contribution in [0.25, 0.3) is 43.6 Å². The summed E-state index contributed by atoms with van der Waals surface area (Å²) in [6.07, 6.45) is 6.85. The Kier molecular flexibility index (Phi) is 14.9. The number of hydrogen-bond acceptors (Lipinski definition) is 13. The second-order valence-corrected chi connectivity index (χ2v) is 17.1. The summed E-state index contributed by atoms with van der Waals surface area (Å²) in [5.41, 5.74) is 4.34. The molecule has 2 atom stereocenters. The lowest BCUT2D eigenvalue weighted by atomic mass is 10.2. The third-order valence-corrected chi connectivity index (χ3v) is 11.7. The van der Waals surface area contributed by atoms with Gasteiger partial charge in [0.2, 0.25) is 22.9 Å². The molecular formula is C50H51ClF2N8O8. The number of aromatic nitrogens is 6. The average Bonchev–Trinajstić information content (AvgIpc) is 4.17. The smallest absolute Gasteiger partial charge is 0.230 e. The van der Waals surface area contributed by atoms with Crippen LogP contribution in [0.15, 0.2) is 73.3 Å². The van der Waals surface area contributed by atoms with Gasteiger partial charge in [-0.05, 0) is 106 Å². The zero-order valence-electron chi connectivity index (χ0n) is 38.9. The number of carbonyl (C=O) groups is 2. The molecule has 69 heavy (non-hydrogen) atoms. The summed E-state index contributed by atoms with van der Waals surface area (Å²) in [4.78, 5) is 46.2. The lowest BCUT2D eigenvalue weighted by Crippen LogP contribution is -2.37. The zero-order valence-corrected chi connectivity index (χ0v) is 39.6. The Morgan fingerprint density at radius 2 is 1.17 bits per heavy atom. The SMILES string of the molecule is CC(=O)Cl.COc1cc2c(Oc3ccc4[nH]c(C)cc4c3F)ncnc2cc1OC[C@@H]1CCCN1.COc1cc2c(Oc3ccc4[nH]c(C)cc4c3F)ncnc2cc1OC[C@@H]1CCCN1C(C)=O. The van der Waals surface area contributed by atoms with Gasteiger partial charge in [-0.1, -0.05) is 0 Å². The predicted molar refractivity (Wildman–Crippen MR) is 257 cm³/mol. The Bertz CT molecular complexity index is 3160. The van der Waals surface area contributed by atoms with Crippen molar-refractivity contribution < 1.29 is 46.8 Å². The number of benzene rings is 4. The van der Waals surface area contributed by atoms with Gasteiger partial charge in [-0.15, -0.1) is 0 Å². The molecule has 8 aromatic rings. The fraction of sp³-hybridized carbons (Fsp3) is 0.320. The van der Waals surface area contributed by atoms with Crippen LogP contribution >= 0.6 is 11.6 Å². The number of carbonyl (C=O) groups excluding carboxylic acids is 2. The molecule has 3 N–H and O–H groups in total. The number of nitrogens with zero attached hydrogens (tertiary/aromatic N) is 5. The second kappa shape index (κ2) is 21.3. The maximum atomic E-state index is 15.1. The van der Waals surface area contributed by atoms with Gasteiger partial charge < -0.3 is 48.6 Å². The van der Waals surface area contributed by atoms with Crippen LogP contribution in [0.4, 0.5) is 8.78 Å². The van der Waals surface area contributed by atoms with Crippen molar-refractivity contribution in [3.63, 3.8) is 0 Å². The summed E-state index contributed by atoms with van der Waals surface area (Å²) in [5, 5.41) is 5.14. The molecule has 6 heterocycles. The van der Waals surface area contributed by atoms with Crippen LogP contribution in [0, 0.1) is 25.5 Å². The molecule has 4 aromatic heterocycles. The van der Waals surface area contributed by atoms with Crippen LogP contribution < -0.4 is 33.7 Å². The van der Waals surface area contributed by atoms with Gasteiger partial charge in [0.05, 0.1) is 42.1 Å². The molecule has 2 aliphatic rings. The minimum atomic E-state index is -0.466. The number of aryl methyl sites for hydroxylation is 2. The standard InChI is InChI=1S/C25H25FN4O4.C23H23FN4O3.C2H3ClO/c1-14-9-17-19(29-14)6-7-21(24(17)26)34-25-18-10-22(32-3)23(11-20(18)27-13-28-25)33-12-16-5-4-8-30(16)15(2)31;1-13-8-15-17(28-13)5-6-19(22(15)24)31-23-16-9-20(29-2)21(10-18(16)26-12-27-23)30-11-14-4-3-7-25-14;1-2(3)4/h6-7,9-11,13,16,29H,4-5,8,12H2,1-3H3;5-6,8-10,12,14,25,28H,3-4,7,11H2,1-2H3;1H3/t16-;14-;/m00./s1. The summed E-state index contributed by atoms with van der Waals surface area (Å²) in [6.45, 7) is 9.29. The number of likely N-dealkylation sites (tertiary alicyclic amines) is 1. The second-order valence-electron chi connectivity index (χ2n) is 16.6. The van der Waals surface area contributed by atoms with Crippen LogP contribution in [0.5, 0.6) is 46.3 Å². The van der Waals surface area contributed by atoms with Gasteiger partial charge in [0.25, 0.3) is 0 Å². The average molecular weight is 965 g/mol. The largest absolute Gasteiger partial charge is 0.493 e. The maximum Gasteiger partial charge on any atom is 0.230 e. The number of nitrogens with one attached hydrogen (secondary N) is 3. The van der Waals surface area contributed by atoms with E-state index in [9.17, 15) is 14.0 Å². The Morgan fingerprint density at radius 3 is 1.64 bits per heavy atom. The molecule has 19 heteroatoms. The molecule has 2 aliphatic heterocycles. The van der Waals surface area contributed by atoms with E-state index >= 15 is 4.39 Å². The molecule has 2 fully saturated rings. The van der Waals surface area contributed by atoms with Gasteiger partial charge in [0, 0.05) is 71.8 Å². The fourth-order valence-electron chi connectivity index (χ4n) is 8.43. The molecule has 10 rings (SSSR count). The molecule has 0 radical (unpaired) electrons. The molecule has 0 aliphatic carbocycles. The normalized spacial score (nSPS) is 15.4. The van der Waals surface area contributed by atoms with E-state index in [0.29, 0.717) is 80.3 Å². The third-order valence-electron chi connectivity index (χ3n) is 11.7. The van der Waals surface area contributed by atoms with Crippen LogP contribution in [-0.4, -0.2) is 98.6 Å².